The topological polar surface area (TPSA) is 41.9 Å². The van der Waals surface area contributed by atoms with Crippen molar-refractivity contribution in [3.8, 4) is 5.75 Å². The first-order valence-corrected chi connectivity index (χ1v) is 7.36. The lowest BCUT2D eigenvalue weighted by Crippen LogP contribution is -2.35. The summed E-state index contributed by atoms with van der Waals surface area (Å²) in [5.74, 6) is 0.924. The fourth-order valence-electron chi connectivity index (χ4n) is 2.71. The molecule has 0 bridgehead atoms. The highest BCUT2D eigenvalue weighted by atomic mass is 16.5. The largest absolute Gasteiger partial charge is 0.492 e. The molecule has 1 aromatic rings. The molecule has 0 unspecified atom stereocenters. The Balaban J connectivity index is 1.80. The summed E-state index contributed by atoms with van der Waals surface area (Å²) in [5.41, 5.74) is 1.29. The predicted molar refractivity (Wildman–Crippen MR) is 79.2 cm³/mol. The van der Waals surface area contributed by atoms with Crippen LogP contribution in [0.2, 0.25) is 0 Å². The molecular formula is C16H25NO3. The molecule has 1 heterocycles. The first-order valence-electron chi connectivity index (χ1n) is 7.36. The Morgan fingerprint density at radius 2 is 2.25 bits per heavy atom. The van der Waals surface area contributed by atoms with Crippen molar-refractivity contribution in [3.05, 3.63) is 29.8 Å². The van der Waals surface area contributed by atoms with Crippen LogP contribution in [-0.4, -0.2) is 55.6 Å². The molecule has 0 spiro atoms. The molecule has 2 atom stereocenters. The Kier molecular flexibility index (Phi) is 5.83. The van der Waals surface area contributed by atoms with E-state index >= 15 is 0 Å². The lowest BCUT2D eigenvalue weighted by Gasteiger charge is -2.22. The summed E-state index contributed by atoms with van der Waals surface area (Å²) in [5, 5.41) is 9.40. The lowest BCUT2D eigenvalue weighted by atomic mass is 10.2. The molecule has 1 N–H and O–H groups in total. The van der Waals surface area contributed by atoms with Gasteiger partial charge in [0.25, 0.3) is 0 Å². The number of rotatable bonds is 7. The maximum absolute atomic E-state index is 9.40. The number of hydrogen-bond acceptors (Lipinski definition) is 4. The zero-order valence-corrected chi connectivity index (χ0v) is 12.4. The quantitative estimate of drug-likeness (QED) is 0.825. The third-order valence-electron chi connectivity index (χ3n) is 3.99. The van der Waals surface area contributed by atoms with Crippen molar-refractivity contribution in [2.45, 2.75) is 31.9 Å². The minimum atomic E-state index is 0.186. The van der Waals surface area contributed by atoms with Crippen molar-refractivity contribution >= 4 is 0 Å². The van der Waals surface area contributed by atoms with Crippen molar-refractivity contribution in [1.82, 2.24) is 4.90 Å². The van der Waals surface area contributed by atoms with Gasteiger partial charge in [-0.15, -0.1) is 0 Å². The Morgan fingerprint density at radius 1 is 1.40 bits per heavy atom. The van der Waals surface area contributed by atoms with Gasteiger partial charge in [0.05, 0.1) is 12.7 Å². The van der Waals surface area contributed by atoms with Gasteiger partial charge in [0, 0.05) is 26.2 Å². The monoisotopic (exact) mass is 279 g/mol. The van der Waals surface area contributed by atoms with E-state index in [1.165, 1.54) is 5.56 Å². The molecule has 0 aromatic heterocycles. The molecule has 1 aromatic carbocycles. The number of hydrogen-bond donors (Lipinski definition) is 1. The molecule has 0 amide bonds. The van der Waals surface area contributed by atoms with E-state index in [1.54, 1.807) is 7.11 Å². The first-order chi connectivity index (χ1) is 9.76. The molecule has 20 heavy (non-hydrogen) atoms. The van der Waals surface area contributed by atoms with Gasteiger partial charge in [0.2, 0.25) is 0 Å². The molecule has 112 valence electrons. The number of likely N-dealkylation sites (tertiary alicyclic amines) is 1. The number of aliphatic hydroxyl groups excluding tert-OH is 1. The normalized spacial score (nSPS) is 23.1. The van der Waals surface area contributed by atoms with Gasteiger partial charge in [0.15, 0.2) is 0 Å². The second kappa shape index (κ2) is 7.62. The molecule has 2 rings (SSSR count). The number of benzene rings is 1. The molecule has 4 heteroatoms. The van der Waals surface area contributed by atoms with E-state index < -0.39 is 0 Å². The second-order valence-electron chi connectivity index (χ2n) is 5.27. The van der Waals surface area contributed by atoms with Crippen LogP contribution in [0.3, 0.4) is 0 Å². The molecule has 0 radical (unpaired) electrons. The fraction of sp³-hybridized carbons (Fsp3) is 0.625. The van der Waals surface area contributed by atoms with Crippen LogP contribution in [0.4, 0.5) is 0 Å². The third-order valence-corrected chi connectivity index (χ3v) is 3.99. The van der Waals surface area contributed by atoms with Crippen LogP contribution in [0.5, 0.6) is 5.75 Å². The maximum atomic E-state index is 9.40. The minimum Gasteiger partial charge on any atom is -0.492 e. The summed E-state index contributed by atoms with van der Waals surface area (Å²) < 4.78 is 11.2. The van der Waals surface area contributed by atoms with Crippen molar-refractivity contribution in [3.63, 3.8) is 0 Å². The van der Waals surface area contributed by atoms with Crippen LogP contribution < -0.4 is 4.74 Å². The van der Waals surface area contributed by atoms with Gasteiger partial charge in [-0.2, -0.15) is 0 Å². The summed E-state index contributed by atoms with van der Waals surface area (Å²) in [4.78, 5) is 2.25. The van der Waals surface area contributed by atoms with Crippen LogP contribution in [0.15, 0.2) is 24.3 Å². The van der Waals surface area contributed by atoms with Gasteiger partial charge in [-0.05, 0) is 30.5 Å². The summed E-state index contributed by atoms with van der Waals surface area (Å²) in [6, 6.07) is 8.42. The van der Waals surface area contributed by atoms with Gasteiger partial charge in [-0.3, -0.25) is 4.90 Å². The number of aliphatic hydroxyl groups is 1. The molecule has 0 aliphatic carbocycles. The highest BCUT2D eigenvalue weighted by Gasteiger charge is 2.31. The fourth-order valence-corrected chi connectivity index (χ4v) is 2.71. The number of aryl methyl sites for hydroxylation is 1. The summed E-state index contributed by atoms with van der Waals surface area (Å²) in [6.45, 7) is 4.66. The molecule has 4 nitrogen and oxygen atoms in total. The third kappa shape index (κ3) is 3.95. The summed E-state index contributed by atoms with van der Waals surface area (Å²) >= 11 is 0. The van der Waals surface area contributed by atoms with Crippen molar-refractivity contribution in [2.75, 3.05) is 33.4 Å². The van der Waals surface area contributed by atoms with Gasteiger partial charge in [-0.1, -0.05) is 19.1 Å². The van der Waals surface area contributed by atoms with E-state index in [2.05, 4.69) is 24.0 Å². The lowest BCUT2D eigenvalue weighted by molar-refractivity contribution is 0.105. The van der Waals surface area contributed by atoms with Crippen LogP contribution in [0.1, 0.15) is 18.9 Å². The van der Waals surface area contributed by atoms with Crippen molar-refractivity contribution in [2.24, 2.45) is 0 Å². The number of ether oxygens (including phenoxy) is 2. The molecule has 1 saturated heterocycles. The summed E-state index contributed by atoms with van der Waals surface area (Å²) in [6.07, 6.45) is 2.15. The van der Waals surface area contributed by atoms with E-state index in [4.69, 9.17) is 9.47 Å². The van der Waals surface area contributed by atoms with Crippen molar-refractivity contribution < 1.29 is 14.6 Å². The molecule has 1 aliphatic heterocycles. The Morgan fingerprint density at radius 3 is 2.95 bits per heavy atom. The van der Waals surface area contributed by atoms with Crippen LogP contribution in [-0.2, 0) is 11.2 Å². The standard InChI is InChI=1S/C16H25NO3/c1-3-13-5-4-6-15(9-13)20-8-7-17-11-16(19-2)10-14(17)12-18/h4-6,9,14,16,18H,3,7-8,10-12H2,1-2H3/t14-,16-/m0/s1. The predicted octanol–water partition coefficient (Wildman–Crippen LogP) is 1.71. The van der Waals surface area contributed by atoms with E-state index in [-0.39, 0.29) is 18.8 Å². The minimum absolute atomic E-state index is 0.186. The van der Waals surface area contributed by atoms with E-state index in [0.29, 0.717) is 6.61 Å². The number of methoxy groups -OCH3 is 1. The van der Waals surface area contributed by atoms with E-state index in [9.17, 15) is 5.11 Å². The van der Waals surface area contributed by atoms with Crippen molar-refractivity contribution in [1.29, 1.82) is 0 Å². The zero-order valence-electron chi connectivity index (χ0n) is 12.4. The molecule has 1 aliphatic rings. The summed E-state index contributed by atoms with van der Waals surface area (Å²) in [7, 11) is 1.73. The van der Waals surface area contributed by atoms with Gasteiger partial charge < -0.3 is 14.6 Å². The molecular weight excluding hydrogens is 254 g/mol. The van der Waals surface area contributed by atoms with Crippen LogP contribution in [0, 0.1) is 0 Å². The zero-order chi connectivity index (χ0) is 14.4. The van der Waals surface area contributed by atoms with Crippen LogP contribution >= 0.6 is 0 Å². The number of nitrogens with zero attached hydrogens (tertiary/aromatic N) is 1. The van der Waals surface area contributed by atoms with Gasteiger partial charge in [-0.25, -0.2) is 0 Å². The first kappa shape index (κ1) is 15.3. The molecule has 0 saturated carbocycles. The average Bonchev–Trinajstić information content (AvgIpc) is 2.90. The average molecular weight is 279 g/mol. The molecule has 1 fully saturated rings. The smallest absolute Gasteiger partial charge is 0.119 e. The maximum Gasteiger partial charge on any atom is 0.119 e. The highest BCUT2D eigenvalue weighted by molar-refractivity contribution is 5.28. The van der Waals surface area contributed by atoms with Gasteiger partial charge >= 0.3 is 0 Å². The highest BCUT2D eigenvalue weighted by Crippen LogP contribution is 2.19. The Labute approximate surface area is 121 Å². The second-order valence-corrected chi connectivity index (χ2v) is 5.27. The van der Waals surface area contributed by atoms with Gasteiger partial charge in [0.1, 0.15) is 12.4 Å². The Bertz CT molecular complexity index is 410. The Hall–Kier alpha value is -1.10. The van der Waals surface area contributed by atoms with E-state index in [1.807, 2.05) is 12.1 Å². The van der Waals surface area contributed by atoms with Crippen LogP contribution in [0.25, 0.3) is 0 Å². The van der Waals surface area contributed by atoms with E-state index in [0.717, 1.165) is 31.7 Å². The SMILES string of the molecule is CCc1cccc(OCCN2C[C@@H](OC)C[C@H]2CO)c1.